The molecule has 3 rings (SSSR count). The second-order valence-corrected chi connectivity index (χ2v) is 5.89. The van der Waals surface area contributed by atoms with Crippen LogP contribution >= 0.6 is 0 Å². The molecule has 2 N–H and O–H groups in total. The third-order valence-electron chi connectivity index (χ3n) is 3.95. The van der Waals surface area contributed by atoms with Gasteiger partial charge in [0.1, 0.15) is 5.69 Å². The molecule has 0 radical (unpaired) electrons. The molecule has 0 saturated heterocycles. The van der Waals surface area contributed by atoms with Crippen LogP contribution in [0.5, 0.6) is 0 Å². The number of amides is 1. The van der Waals surface area contributed by atoms with Crippen molar-refractivity contribution < 1.29 is 4.79 Å². The molecular formula is C21H21N3O. The molecule has 1 amide bonds. The molecule has 126 valence electrons. The highest BCUT2D eigenvalue weighted by Gasteiger charge is 2.08. The third kappa shape index (κ3) is 4.23. The Hall–Kier alpha value is -3.14. The van der Waals surface area contributed by atoms with E-state index in [2.05, 4.69) is 28.6 Å². The fourth-order valence-electron chi connectivity index (χ4n) is 2.63. The Bertz CT molecular complexity index is 872. The van der Waals surface area contributed by atoms with Crippen LogP contribution < -0.4 is 10.6 Å². The second-order valence-electron chi connectivity index (χ2n) is 5.89. The molecule has 0 fully saturated rings. The smallest absolute Gasteiger partial charge is 0.274 e. The van der Waals surface area contributed by atoms with Crippen LogP contribution in [0.4, 0.5) is 17.1 Å². The zero-order valence-electron chi connectivity index (χ0n) is 14.4. The quantitative estimate of drug-likeness (QED) is 0.695. The van der Waals surface area contributed by atoms with Crippen LogP contribution in [0, 0.1) is 6.92 Å². The SMILES string of the molecule is CCc1ccccc1Nc1ccc(C(=O)Nc2cccc(C)c2)nc1. The molecule has 4 nitrogen and oxygen atoms in total. The number of para-hydroxylation sites is 1. The topological polar surface area (TPSA) is 54.0 Å². The van der Waals surface area contributed by atoms with E-state index in [9.17, 15) is 4.79 Å². The summed E-state index contributed by atoms with van der Waals surface area (Å²) in [5.74, 6) is -0.217. The van der Waals surface area contributed by atoms with E-state index in [4.69, 9.17) is 0 Å². The number of anilines is 3. The number of aromatic nitrogens is 1. The minimum absolute atomic E-state index is 0.217. The summed E-state index contributed by atoms with van der Waals surface area (Å²) in [5, 5.41) is 6.22. The predicted molar refractivity (Wildman–Crippen MR) is 102 cm³/mol. The van der Waals surface area contributed by atoms with Gasteiger partial charge in [0.15, 0.2) is 0 Å². The summed E-state index contributed by atoms with van der Waals surface area (Å²) in [6, 6.07) is 19.4. The van der Waals surface area contributed by atoms with Crippen molar-refractivity contribution in [2.45, 2.75) is 20.3 Å². The van der Waals surface area contributed by atoms with Gasteiger partial charge >= 0.3 is 0 Å². The number of hydrogen-bond acceptors (Lipinski definition) is 3. The van der Waals surface area contributed by atoms with E-state index < -0.39 is 0 Å². The number of benzene rings is 2. The van der Waals surface area contributed by atoms with Gasteiger partial charge in [-0.05, 0) is 54.8 Å². The Morgan fingerprint density at radius 3 is 2.56 bits per heavy atom. The fourth-order valence-corrected chi connectivity index (χ4v) is 2.63. The number of aryl methyl sites for hydroxylation is 2. The highest BCUT2D eigenvalue weighted by atomic mass is 16.1. The van der Waals surface area contributed by atoms with Crippen LogP contribution in [-0.2, 0) is 6.42 Å². The maximum atomic E-state index is 12.3. The molecule has 0 aliphatic heterocycles. The van der Waals surface area contributed by atoms with Gasteiger partial charge in [-0.1, -0.05) is 37.3 Å². The van der Waals surface area contributed by atoms with Crippen LogP contribution in [0.1, 0.15) is 28.5 Å². The van der Waals surface area contributed by atoms with Crippen molar-refractivity contribution in [3.05, 3.63) is 83.7 Å². The van der Waals surface area contributed by atoms with Crippen LogP contribution in [0.25, 0.3) is 0 Å². The molecule has 0 atom stereocenters. The molecule has 0 aliphatic rings. The number of hydrogen-bond donors (Lipinski definition) is 2. The lowest BCUT2D eigenvalue weighted by molar-refractivity contribution is 0.102. The molecule has 0 unspecified atom stereocenters. The maximum Gasteiger partial charge on any atom is 0.274 e. The first kappa shape index (κ1) is 16.7. The summed E-state index contributed by atoms with van der Waals surface area (Å²) in [7, 11) is 0. The summed E-state index contributed by atoms with van der Waals surface area (Å²) in [5.41, 5.74) is 5.40. The van der Waals surface area contributed by atoms with Crippen molar-refractivity contribution in [1.82, 2.24) is 4.98 Å². The van der Waals surface area contributed by atoms with E-state index in [0.717, 1.165) is 29.0 Å². The largest absolute Gasteiger partial charge is 0.354 e. The molecule has 3 aromatic rings. The Labute approximate surface area is 147 Å². The number of carbonyl (C=O) groups is 1. The van der Waals surface area contributed by atoms with Gasteiger partial charge in [-0.25, -0.2) is 4.98 Å². The summed E-state index contributed by atoms with van der Waals surface area (Å²) >= 11 is 0. The molecule has 4 heteroatoms. The molecule has 25 heavy (non-hydrogen) atoms. The van der Waals surface area contributed by atoms with Gasteiger partial charge in [0.2, 0.25) is 0 Å². The third-order valence-corrected chi connectivity index (χ3v) is 3.95. The lowest BCUT2D eigenvalue weighted by atomic mass is 10.1. The Morgan fingerprint density at radius 1 is 1.00 bits per heavy atom. The van der Waals surface area contributed by atoms with Gasteiger partial charge < -0.3 is 10.6 Å². The van der Waals surface area contributed by atoms with E-state index >= 15 is 0 Å². The molecule has 0 aliphatic carbocycles. The molecule has 0 saturated carbocycles. The Morgan fingerprint density at radius 2 is 1.84 bits per heavy atom. The Balaban J connectivity index is 1.70. The van der Waals surface area contributed by atoms with Crippen molar-refractivity contribution >= 4 is 23.0 Å². The lowest BCUT2D eigenvalue weighted by Crippen LogP contribution is -2.13. The lowest BCUT2D eigenvalue weighted by Gasteiger charge is -2.11. The average Bonchev–Trinajstić information content (AvgIpc) is 2.63. The van der Waals surface area contributed by atoms with Gasteiger partial charge in [0.05, 0.1) is 11.9 Å². The van der Waals surface area contributed by atoms with Crippen molar-refractivity contribution in [1.29, 1.82) is 0 Å². The minimum atomic E-state index is -0.217. The highest BCUT2D eigenvalue weighted by molar-refractivity contribution is 6.03. The molecule has 2 aromatic carbocycles. The van der Waals surface area contributed by atoms with E-state index in [-0.39, 0.29) is 5.91 Å². The van der Waals surface area contributed by atoms with Gasteiger partial charge in [-0.3, -0.25) is 4.79 Å². The van der Waals surface area contributed by atoms with Crippen molar-refractivity contribution in [3.63, 3.8) is 0 Å². The molecule has 1 heterocycles. The zero-order chi connectivity index (χ0) is 17.6. The van der Waals surface area contributed by atoms with Crippen molar-refractivity contribution in [2.24, 2.45) is 0 Å². The van der Waals surface area contributed by atoms with E-state index in [1.807, 2.05) is 55.5 Å². The number of carbonyl (C=O) groups excluding carboxylic acids is 1. The predicted octanol–water partition coefficient (Wildman–Crippen LogP) is 4.95. The fraction of sp³-hybridized carbons (Fsp3) is 0.143. The van der Waals surface area contributed by atoms with Crippen molar-refractivity contribution in [3.8, 4) is 0 Å². The van der Waals surface area contributed by atoms with Gasteiger partial charge in [-0.15, -0.1) is 0 Å². The summed E-state index contributed by atoms with van der Waals surface area (Å²) < 4.78 is 0. The van der Waals surface area contributed by atoms with Gasteiger partial charge in [0.25, 0.3) is 5.91 Å². The van der Waals surface area contributed by atoms with Gasteiger partial charge in [0, 0.05) is 11.4 Å². The summed E-state index contributed by atoms with van der Waals surface area (Å²) in [4.78, 5) is 16.6. The minimum Gasteiger partial charge on any atom is -0.354 e. The van der Waals surface area contributed by atoms with E-state index in [1.165, 1.54) is 5.56 Å². The first-order valence-electron chi connectivity index (χ1n) is 8.34. The molecule has 0 spiro atoms. The van der Waals surface area contributed by atoms with Crippen LogP contribution in [0.2, 0.25) is 0 Å². The molecule has 1 aromatic heterocycles. The zero-order valence-corrected chi connectivity index (χ0v) is 14.4. The molecular weight excluding hydrogens is 310 g/mol. The number of nitrogens with one attached hydrogen (secondary N) is 2. The number of rotatable bonds is 5. The standard InChI is InChI=1S/C21H21N3O/c1-3-16-8-4-5-10-19(16)23-18-11-12-20(22-14-18)21(25)24-17-9-6-7-15(2)13-17/h4-14,23H,3H2,1-2H3,(H,24,25). The summed E-state index contributed by atoms with van der Waals surface area (Å²) in [6.45, 7) is 4.11. The summed E-state index contributed by atoms with van der Waals surface area (Å²) in [6.07, 6.45) is 2.63. The Kier molecular flexibility index (Phi) is 5.09. The molecule has 0 bridgehead atoms. The normalized spacial score (nSPS) is 10.3. The van der Waals surface area contributed by atoms with Crippen LogP contribution in [0.15, 0.2) is 66.9 Å². The highest BCUT2D eigenvalue weighted by Crippen LogP contribution is 2.21. The van der Waals surface area contributed by atoms with Crippen LogP contribution in [0.3, 0.4) is 0 Å². The second kappa shape index (κ2) is 7.62. The first-order chi connectivity index (χ1) is 12.2. The average molecular weight is 331 g/mol. The van der Waals surface area contributed by atoms with Gasteiger partial charge in [-0.2, -0.15) is 0 Å². The first-order valence-corrected chi connectivity index (χ1v) is 8.34. The monoisotopic (exact) mass is 331 g/mol. The maximum absolute atomic E-state index is 12.3. The van der Waals surface area contributed by atoms with Crippen molar-refractivity contribution in [2.75, 3.05) is 10.6 Å². The van der Waals surface area contributed by atoms with E-state index in [1.54, 1.807) is 12.3 Å². The number of nitrogens with zero attached hydrogens (tertiary/aromatic N) is 1. The van der Waals surface area contributed by atoms with Crippen LogP contribution in [-0.4, -0.2) is 10.9 Å². The number of pyridine rings is 1. The van der Waals surface area contributed by atoms with E-state index in [0.29, 0.717) is 5.69 Å².